The van der Waals surface area contributed by atoms with Gasteiger partial charge in [0.2, 0.25) is 0 Å². The maximum Gasteiger partial charge on any atom is 0.342 e. The number of carbonyl (C=O) groups excluding carboxylic acids is 6. The molecule has 0 N–H and O–H groups in total. The molecule has 4 aliphatic rings. The molecule has 2 aliphatic heterocycles. The maximum absolute atomic E-state index is 13.2. The minimum Gasteiger partial charge on any atom is -0.462 e. The molecule has 13 nitrogen and oxygen atoms in total. The number of ether oxygens (including phenoxy) is 7. The number of carbonyl (C=O) groups is 6. The van der Waals surface area contributed by atoms with Crippen LogP contribution < -0.4 is 0 Å². The Hall–Kier alpha value is -3.48. The SMILES string of the molecule is CCC(=O)O[C@H]1C[C@H](OC(C)=O)[C@@]2(C)[C@H]([C@H]1C)[C@@H](OC(C)=O)[C@]13O[C@@]1(C)C(=O)O[C@H]3/C=C(/C)C[C@H](OC(C)=O)[C@H]2OC(C)=O. The Bertz CT molecular complexity index is 1270. The summed E-state index contributed by atoms with van der Waals surface area (Å²) in [6.45, 7) is 13.2. The van der Waals surface area contributed by atoms with Gasteiger partial charge in [0.05, 0.1) is 5.41 Å². The van der Waals surface area contributed by atoms with Gasteiger partial charge in [-0.1, -0.05) is 26.3 Å². The number of epoxide rings is 1. The third-order valence-electron chi connectivity index (χ3n) is 9.58. The predicted octanol–water partition coefficient (Wildman–Crippen LogP) is 2.50. The van der Waals surface area contributed by atoms with Crippen molar-refractivity contribution in [2.24, 2.45) is 17.3 Å². The second-order valence-corrected chi connectivity index (χ2v) is 12.6. The number of esters is 6. The van der Waals surface area contributed by atoms with Crippen LogP contribution in [0.25, 0.3) is 0 Å². The first kappa shape index (κ1) is 33.4. The standard InChI is InChI=1S/C31H42O13/c1-10-24(36)42-20-13-22(39-17(5)33)29(8)25(15(20)3)27(41-19(7)35)31-23(43-28(37)30(31,9)44-31)12-14(2)11-21(38-16(4)32)26(29)40-18(6)34/h12,15,20-23,25-27H,10-11,13H2,1-9H3/b14-12-/t15-,20-,21-,22-,23-,25+,26+,27+,29-,30-,31-/m0/s1. The highest BCUT2D eigenvalue weighted by Gasteiger charge is 2.87. The molecule has 13 heteroatoms. The van der Waals surface area contributed by atoms with Gasteiger partial charge in [0.25, 0.3) is 0 Å². The number of fused-ring (bicyclic) bond motifs is 1. The Balaban J connectivity index is 2.08. The zero-order chi connectivity index (χ0) is 32.9. The van der Waals surface area contributed by atoms with Crippen molar-refractivity contribution in [2.75, 3.05) is 0 Å². The molecule has 0 bridgehead atoms. The normalized spacial score (nSPS) is 42.0. The summed E-state index contributed by atoms with van der Waals surface area (Å²) < 4.78 is 41.7. The lowest BCUT2D eigenvalue weighted by Gasteiger charge is -2.57. The Kier molecular flexibility index (Phi) is 8.95. The lowest BCUT2D eigenvalue weighted by Crippen LogP contribution is -2.68. The van der Waals surface area contributed by atoms with Crippen LogP contribution >= 0.6 is 0 Å². The first-order valence-corrected chi connectivity index (χ1v) is 14.9. The Labute approximate surface area is 256 Å². The first-order valence-electron chi connectivity index (χ1n) is 14.9. The average molecular weight is 623 g/mol. The predicted molar refractivity (Wildman–Crippen MR) is 148 cm³/mol. The number of hydrogen-bond donors (Lipinski definition) is 0. The molecule has 244 valence electrons. The third kappa shape index (κ3) is 5.48. The Morgan fingerprint density at radius 1 is 0.864 bits per heavy atom. The van der Waals surface area contributed by atoms with Crippen molar-refractivity contribution in [3.05, 3.63) is 11.6 Å². The van der Waals surface area contributed by atoms with Crippen LogP contribution in [-0.4, -0.2) is 83.6 Å². The van der Waals surface area contributed by atoms with Crippen molar-refractivity contribution in [2.45, 2.75) is 129 Å². The van der Waals surface area contributed by atoms with Crippen LogP contribution in [0.1, 0.15) is 81.6 Å². The van der Waals surface area contributed by atoms with Crippen LogP contribution in [0.15, 0.2) is 11.6 Å². The summed E-state index contributed by atoms with van der Waals surface area (Å²) in [7, 11) is 0. The molecule has 4 rings (SSSR count). The molecule has 3 fully saturated rings. The van der Waals surface area contributed by atoms with Crippen molar-refractivity contribution >= 4 is 35.8 Å². The van der Waals surface area contributed by atoms with Gasteiger partial charge < -0.3 is 33.2 Å². The van der Waals surface area contributed by atoms with E-state index in [4.69, 9.17) is 33.2 Å². The zero-order valence-corrected chi connectivity index (χ0v) is 26.6. The van der Waals surface area contributed by atoms with E-state index >= 15 is 0 Å². The minimum absolute atomic E-state index is 0.00433. The molecule has 1 saturated carbocycles. The average Bonchev–Trinajstić information content (AvgIpc) is 3.49. The van der Waals surface area contributed by atoms with E-state index in [1.165, 1.54) is 27.7 Å². The summed E-state index contributed by atoms with van der Waals surface area (Å²) in [5.74, 6) is -5.54. The van der Waals surface area contributed by atoms with Gasteiger partial charge in [0.1, 0.15) is 30.5 Å². The van der Waals surface area contributed by atoms with Crippen LogP contribution in [-0.2, 0) is 61.9 Å². The highest BCUT2D eigenvalue weighted by molar-refractivity contribution is 5.89. The van der Waals surface area contributed by atoms with E-state index in [-0.39, 0.29) is 19.3 Å². The summed E-state index contributed by atoms with van der Waals surface area (Å²) in [5, 5.41) is 0. The lowest BCUT2D eigenvalue weighted by molar-refractivity contribution is -0.247. The summed E-state index contributed by atoms with van der Waals surface area (Å²) in [6, 6.07) is 0. The van der Waals surface area contributed by atoms with Crippen LogP contribution in [0, 0.1) is 17.3 Å². The molecular weight excluding hydrogens is 580 g/mol. The summed E-state index contributed by atoms with van der Waals surface area (Å²) in [6.07, 6.45) is -4.86. The van der Waals surface area contributed by atoms with E-state index in [9.17, 15) is 28.8 Å². The summed E-state index contributed by atoms with van der Waals surface area (Å²) in [5.41, 5.74) is -3.90. The summed E-state index contributed by atoms with van der Waals surface area (Å²) in [4.78, 5) is 76.5. The topological polar surface area (TPSA) is 170 Å². The largest absolute Gasteiger partial charge is 0.462 e. The molecule has 0 aromatic heterocycles. The highest BCUT2D eigenvalue weighted by Crippen LogP contribution is 2.66. The number of hydrogen-bond acceptors (Lipinski definition) is 13. The molecule has 2 heterocycles. The third-order valence-corrected chi connectivity index (χ3v) is 9.58. The fourth-order valence-electron chi connectivity index (χ4n) is 7.71. The Morgan fingerprint density at radius 3 is 1.95 bits per heavy atom. The van der Waals surface area contributed by atoms with Crippen LogP contribution in [0.4, 0.5) is 0 Å². The lowest BCUT2D eigenvalue weighted by atomic mass is 9.52. The van der Waals surface area contributed by atoms with Crippen LogP contribution in [0.5, 0.6) is 0 Å². The molecular formula is C31H42O13. The van der Waals surface area contributed by atoms with Crippen molar-refractivity contribution in [3.63, 3.8) is 0 Å². The Morgan fingerprint density at radius 2 is 1.43 bits per heavy atom. The van der Waals surface area contributed by atoms with E-state index in [0.717, 1.165) is 0 Å². The molecule has 0 unspecified atom stereocenters. The van der Waals surface area contributed by atoms with Gasteiger partial charge in [0, 0.05) is 58.8 Å². The monoisotopic (exact) mass is 622 g/mol. The van der Waals surface area contributed by atoms with Gasteiger partial charge in [-0.3, -0.25) is 24.0 Å². The number of rotatable bonds is 6. The van der Waals surface area contributed by atoms with Gasteiger partial charge in [-0.25, -0.2) is 4.79 Å². The quantitative estimate of drug-likeness (QED) is 0.183. The maximum atomic E-state index is 13.2. The molecule has 1 spiro atoms. The highest BCUT2D eigenvalue weighted by atomic mass is 16.7. The van der Waals surface area contributed by atoms with Gasteiger partial charge in [-0.15, -0.1) is 0 Å². The molecule has 0 amide bonds. The summed E-state index contributed by atoms with van der Waals surface area (Å²) >= 11 is 0. The second-order valence-electron chi connectivity index (χ2n) is 12.6. The van der Waals surface area contributed by atoms with Gasteiger partial charge in [-0.05, 0) is 19.9 Å². The van der Waals surface area contributed by atoms with Crippen LogP contribution in [0.3, 0.4) is 0 Å². The van der Waals surface area contributed by atoms with Crippen molar-refractivity contribution in [3.8, 4) is 0 Å². The van der Waals surface area contributed by atoms with Crippen molar-refractivity contribution in [1.29, 1.82) is 0 Å². The second kappa shape index (κ2) is 11.8. The molecule has 0 aromatic carbocycles. The van der Waals surface area contributed by atoms with E-state index < -0.39 is 101 Å². The first-order chi connectivity index (χ1) is 20.4. The molecule has 44 heavy (non-hydrogen) atoms. The molecule has 0 radical (unpaired) electrons. The van der Waals surface area contributed by atoms with Crippen molar-refractivity contribution in [1.82, 2.24) is 0 Å². The molecule has 0 aromatic rings. The fourth-order valence-corrected chi connectivity index (χ4v) is 7.71. The smallest absolute Gasteiger partial charge is 0.342 e. The van der Waals surface area contributed by atoms with E-state index in [1.54, 1.807) is 40.7 Å². The van der Waals surface area contributed by atoms with Gasteiger partial charge in [0.15, 0.2) is 17.3 Å². The van der Waals surface area contributed by atoms with E-state index in [1.807, 2.05) is 0 Å². The van der Waals surface area contributed by atoms with Crippen LogP contribution in [0.2, 0.25) is 0 Å². The fraction of sp³-hybridized carbons (Fsp3) is 0.742. The van der Waals surface area contributed by atoms with Crippen molar-refractivity contribution < 1.29 is 61.9 Å². The van der Waals surface area contributed by atoms with E-state index in [0.29, 0.717) is 5.57 Å². The van der Waals surface area contributed by atoms with E-state index in [2.05, 4.69) is 0 Å². The van der Waals surface area contributed by atoms with Gasteiger partial charge >= 0.3 is 35.8 Å². The molecule has 11 atom stereocenters. The van der Waals surface area contributed by atoms with Gasteiger partial charge in [-0.2, -0.15) is 0 Å². The zero-order valence-electron chi connectivity index (χ0n) is 26.6. The molecule has 2 saturated heterocycles. The molecule has 2 aliphatic carbocycles. The minimum atomic E-state index is -1.52.